The zero-order valence-corrected chi connectivity index (χ0v) is 15.1. The number of ether oxygens (including phenoxy) is 2. The van der Waals surface area contributed by atoms with E-state index in [9.17, 15) is 25.1 Å². The molecule has 10 heteroatoms. The number of rotatable bonds is 9. The molecule has 0 spiro atoms. The van der Waals surface area contributed by atoms with E-state index in [1.54, 1.807) is 0 Å². The highest BCUT2D eigenvalue weighted by atomic mass is 16.6. The predicted octanol–water partition coefficient (Wildman–Crippen LogP) is 1.71. The lowest BCUT2D eigenvalue weighted by molar-refractivity contribution is -0.385. The summed E-state index contributed by atoms with van der Waals surface area (Å²) in [5, 5.41) is 33.8. The molecule has 2 atom stereocenters. The first-order valence-corrected chi connectivity index (χ1v) is 8.41. The van der Waals surface area contributed by atoms with Crippen LogP contribution in [0.3, 0.4) is 0 Å². The van der Waals surface area contributed by atoms with Crippen LogP contribution in [0.4, 0.5) is 10.5 Å². The van der Waals surface area contributed by atoms with Crippen LogP contribution in [0.15, 0.2) is 42.6 Å². The fourth-order valence-corrected chi connectivity index (χ4v) is 2.40. The van der Waals surface area contributed by atoms with Crippen LogP contribution in [-0.2, 0) is 11.3 Å². The molecule has 3 N–H and O–H groups in total. The molecule has 2 unspecified atom stereocenters. The molecule has 0 saturated carbocycles. The Morgan fingerprint density at radius 2 is 2.04 bits per heavy atom. The Kier molecular flexibility index (Phi) is 7.66. The number of aliphatic hydroxyl groups is 2. The summed E-state index contributed by atoms with van der Waals surface area (Å²) in [7, 11) is 1.29. The van der Waals surface area contributed by atoms with Crippen molar-refractivity contribution >= 4 is 11.8 Å². The van der Waals surface area contributed by atoms with E-state index in [2.05, 4.69) is 10.3 Å². The number of nitro groups is 1. The van der Waals surface area contributed by atoms with Gasteiger partial charge in [0.05, 0.1) is 23.7 Å². The SMILES string of the molecule is COc1ncc([N+](=O)[O-])cc1C(O)C(O)CCNC(=O)OCc1ccccc1. The number of amides is 1. The molecule has 0 bridgehead atoms. The van der Waals surface area contributed by atoms with Gasteiger partial charge in [-0.05, 0) is 12.0 Å². The molecule has 2 aromatic rings. The third-order valence-corrected chi connectivity index (χ3v) is 3.87. The van der Waals surface area contributed by atoms with Crippen LogP contribution in [0.5, 0.6) is 5.88 Å². The number of carbonyl (C=O) groups is 1. The monoisotopic (exact) mass is 391 g/mol. The highest BCUT2D eigenvalue weighted by Crippen LogP contribution is 2.29. The lowest BCUT2D eigenvalue weighted by Crippen LogP contribution is -2.30. The number of methoxy groups -OCH3 is 1. The fraction of sp³-hybridized carbons (Fsp3) is 0.333. The lowest BCUT2D eigenvalue weighted by Gasteiger charge is -2.19. The summed E-state index contributed by atoms with van der Waals surface area (Å²) in [4.78, 5) is 25.6. The van der Waals surface area contributed by atoms with Gasteiger partial charge in [-0.25, -0.2) is 9.78 Å². The maximum atomic E-state index is 11.7. The molecule has 0 aliphatic carbocycles. The van der Waals surface area contributed by atoms with Crippen molar-refractivity contribution in [3.63, 3.8) is 0 Å². The minimum atomic E-state index is -1.48. The normalized spacial score (nSPS) is 12.7. The summed E-state index contributed by atoms with van der Waals surface area (Å²) in [5.41, 5.74) is 0.471. The summed E-state index contributed by atoms with van der Waals surface area (Å²) in [5.74, 6) is -0.0348. The van der Waals surface area contributed by atoms with Crippen molar-refractivity contribution in [1.29, 1.82) is 0 Å². The zero-order valence-electron chi connectivity index (χ0n) is 15.1. The topological polar surface area (TPSA) is 144 Å². The van der Waals surface area contributed by atoms with Crippen LogP contribution in [0, 0.1) is 10.1 Å². The van der Waals surface area contributed by atoms with Gasteiger partial charge in [-0.2, -0.15) is 0 Å². The van der Waals surface area contributed by atoms with E-state index in [0.717, 1.165) is 17.8 Å². The quantitative estimate of drug-likeness (QED) is 0.433. The number of aliphatic hydroxyl groups excluding tert-OH is 2. The number of hydrogen-bond donors (Lipinski definition) is 3. The summed E-state index contributed by atoms with van der Waals surface area (Å²) < 4.78 is 10.0. The van der Waals surface area contributed by atoms with E-state index in [1.807, 2.05) is 30.3 Å². The van der Waals surface area contributed by atoms with Gasteiger partial charge in [0.25, 0.3) is 5.69 Å². The molecule has 2 rings (SSSR count). The molecule has 28 heavy (non-hydrogen) atoms. The number of carbonyl (C=O) groups excluding carboxylic acids is 1. The van der Waals surface area contributed by atoms with E-state index in [4.69, 9.17) is 9.47 Å². The summed E-state index contributed by atoms with van der Waals surface area (Å²) in [6.07, 6.45) is -2.49. The minimum Gasteiger partial charge on any atom is -0.481 e. The Labute approximate surface area is 160 Å². The van der Waals surface area contributed by atoms with Gasteiger partial charge in [0, 0.05) is 12.6 Å². The number of pyridine rings is 1. The molecular weight excluding hydrogens is 370 g/mol. The fourth-order valence-electron chi connectivity index (χ4n) is 2.40. The van der Waals surface area contributed by atoms with E-state index in [-0.39, 0.29) is 36.7 Å². The Morgan fingerprint density at radius 3 is 2.68 bits per heavy atom. The molecule has 0 radical (unpaired) electrons. The smallest absolute Gasteiger partial charge is 0.407 e. The highest BCUT2D eigenvalue weighted by Gasteiger charge is 2.25. The first kappa shape index (κ1) is 21.1. The van der Waals surface area contributed by atoms with Gasteiger partial charge in [0.1, 0.15) is 18.9 Å². The number of benzene rings is 1. The van der Waals surface area contributed by atoms with Crippen molar-refractivity contribution < 1.29 is 29.4 Å². The van der Waals surface area contributed by atoms with Gasteiger partial charge in [0.2, 0.25) is 5.88 Å². The molecule has 0 fully saturated rings. The maximum Gasteiger partial charge on any atom is 0.407 e. The average molecular weight is 391 g/mol. The number of hydrogen-bond acceptors (Lipinski definition) is 8. The van der Waals surface area contributed by atoms with E-state index < -0.39 is 23.2 Å². The van der Waals surface area contributed by atoms with E-state index in [1.165, 1.54) is 7.11 Å². The third-order valence-electron chi connectivity index (χ3n) is 3.87. The van der Waals surface area contributed by atoms with Crippen LogP contribution in [-0.4, -0.2) is 46.0 Å². The summed E-state index contributed by atoms with van der Waals surface area (Å²) in [6.45, 7) is 0.130. The van der Waals surface area contributed by atoms with Crippen molar-refractivity contribution in [1.82, 2.24) is 10.3 Å². The van der Waals surface area contributed by atoms with Gasteiger partial charge in [-0.3, -0.25) is 10.1 Å². The average Bonchev–Trinajstić information content (AvgIpc) is 2.71. The molecule has 1 aromatic carbocycles. The van der Waals surface area contributed by atoms with Crippen molar-refractivity contribution in [3.8, 4) is 5.88 Å². The van der Waals surface area contributed by atoms with Gasteiger partial charge in [-0.15, -0.1) is 0 Å². The second kappa shape index (κ2) is 10.2. The van der Waals surface area contributed by atoms with Crippen LogP contribution in [0.25, 0.3) is 0 Å². The molecule has 0 saturated heterocycles. The largest absolute Gasteiger partial charge is 0.481 e. The summed E-state index contributed by atoms with van der Waals surface area (Å²) >= 11 is 0. The first-order chi connectivity index (χ1) is 13.4. The molecule has 0 aliphatic heterocycles. The number of aromatic nitrogens is 1. The number of nitrogens with one attached hydrogen (secondary N) is 1. The highest BCUT2D eigenvalue weighted by molar-refractivity contribution is 5.67. The molecule has 1 heterocycles. The Balaban J connectivity index is 1.85. The second-order valence-corrected chi connectivity index (χ2v) is 5.84. The first-order valence-electron chi connectivity index (χ1n) is 8.41. The van der Waals surface area contributed by atoms with Crippen molar-refractivity contribution in [2.24, 2.45) is 0 Å². The molecular formula is C18H21N3O7. The Morgan fingerprint density at radius 1 is 1.32 bits per heavy atom. The van der Waals surface area contributed by atoms with Crippen LogP contribution >= 0.6 is 0 Å². The van der Waals surface area contributed by atoms with Crippen LogP contribution in [0.2, 0.25) is 0 Å². The summed E-state index contributed by atoms with van der Waals surface area (Å²) in [6, 6.07) is 10.2. The molecule has 0 aliphatic rings. The zero-order chi connectivity index (χ0) is 20.5. The van der Waals surface area contributed by atoms with Gasteiger partial charge < -0.3 is 25.0 Å². The number of nitrogens with zero attached hydrogens (tertiary/aromatic N) is 2. The lowest BCUT2D eigenvalue weighted by atomic mass is 10.0. The van der Waals surface area contributed by atoms with Crippen molar-refractivity contribution in [3.05, 3.63) is 63.8 Å². The van der Waals surface area contributed by atoms with Gasteiger partial charge in [0.15, 0.2) is 0 Å². The molecule has 1 amide bonds. The van der Waals surface area contributed by atoms with E-state index >= 15 is 0 Å². The second-order valence-electron chi connectivity index (χ2n) is 5.84. The molecule has 10 nitrogen and oxygen atoms in total. The molecule has 1 aromatic heterocycles. The van der Waals surface area contributed by atoms with Gasteiger partial charge >= 0.3 is 6.09 Å². The van der Waals surface area contributed by atoms with Gasteiger partial charge in [-0.1, -0.05) is 30.3 Å². The Bertz CT molecular complexity index is 801. The standard InChI is InChI=1S/C18H21N3O7/c1-27-17-14(9-13(10-20-17)21(25)26)16(23)15(22)7-8-19-18(24)28-11-12-5-3-2-4-6-12/h2-6,9-10,15-16,22-23H,7-8,11H2,1H3,(H,19,24). The minimum absolute atomic E-state index is 0.0177. The van der Waals surface area contributed by atoms with Crippen molar-refractivity contribution in [2.45, 2.75) is 25.2 Å². The van der Waals surface area contributed by atoms with Crippen LogP contribution < -0.4 is 10.1 Å². The predicted molar refractivity (Wildman–Crippen MR) is 97.7 cm³/mol. The van der Waals surface area contributed by atoms with E-state index in [0.29, 0.717) is 0 Å². The third kappa shape index (κ3) is 5.89. The van der Waals surface area contributed by atoms with Crippen molar-refractivity contribution in [2.75, 3.05) is 13.7 Å². The number of alkyl carbamates (subject to hydrolysis) is 1. The van der Waals surface area contributed by atoms with Crippen LogP contribution in [0.1, 0.15) is 23.7 Å². The Hall–Kier alpha value is -3.24. The molecule has 150 valence electrons. The maximum absolute atomic E-state index is 11.7.